The summed E-state index contributed by atoms with van der Waals surface area (Å²) in [5.74, 6) is 1.10. The molecule has 4 rings (SSSR count). The molecule has 0 aliphatic carbocycles. The Morgan fingerprint density at radius 2 is 1.77 bits per heavy atom. The van der Waals surface area contributed by atoms with Gasteiger partial charge in [0.15, 0.2) is 11.5 Å². The summed E-state index contributed by atoms with van der Waals surface area (Å²) in [6, 6.07) is 15.6. The number of esters is 1. The highest BCUT2D eigenvalue weighted by Gasteiger charge is 2.43. The standard InChI is InChI=1S/C25H29NO5/c1-2-29-24(28)25(12-6-9-19-7-4-3-5-8-19)13-15-26(16-14-25)23(27)20-10-11-21-22(17-20)31-18-30-21/h3-5,7-8,10-11,17H,2,6,9,12-16,18H2,1H3. The Labute approximate surface area is 183 Å². The Morgan fingerprint density at radius 1 is 1.03 bits per heavy atom. The number of carbonyl (C=O) groups excluding carboxylic acids is 2. The first kappa shape index (κ1) is 21.2. The van der Waals surface area contributed by atoms with Crippen LogP contribution >= 0.6 is 0 Å². The van der Waals surface area contributed by atoms with Crippen molar-refractivity contribution in [1.82, 2.24) is 4.90 Å². The minimum atomic E-state index is -0.517. The minimum Gasteiger partial charge on any atom is -0.466 e. The molecule has 0 spiro atoms. The average Bonchev–Trinajstić information content (AvgIpc) is 3.28. The number of rotatable bonds is 7. The van der Waals surface area contributed by atoms with Gasteiger partial charge in [0.1, 0.15) is 0 Å². The fraction of sp³-hybridized carbons (Fsp3) is 0.440. The Hall–Kier alpha value is -3.02. The highest BCUT2D eigenvalue weighted by Crippen LogP contribution is 2.39. The van der Waals surface area contributed by atoms with Gasteiger partial charge in [0.2, 0.25) is 6.79 Å². The molecule has 1 fully saturated rings. The maximum absolute atomic E-state index is 13.0. The maximum atomic E-state index is 13.0. The van der Waals surface area contributed by atoms with Gasteiger partial charge in [-0.25, -0.2) is 0 Å². The van der Waals surface area contributed by atoms with E-state index in [1.54, 1.807) is 18.2 Å². The molecule has 0 bridgehead atoms. The molecule has 2 aliphatic rings. The summed E-state index contributed by atoms with van der Waals surface area (Å²) in [7, 11) is 0. The van der Waals surface area contributed by atoms with Crippen molar-refractivity contribution < 1.29 is 23.8 Å². The zero-order valence-electron chi connectivity index (χ0n) is 18.0. The predicted molar refractivity (Wildman–Crippen MR) is 116 cm³/mol. The van der Waals surface area contributed by atoms with Crippen LogP contribution < -0.4 is 9.47 Å². The van der Waals surface area contributed by atoms with E-state index in [1.807, 2.05) is 30.0 Å². The third-order valence-electron chi connectivity index (χ3n) is 6.30. The molecule has 0 aromatic heterocycles. The molecule has 31 heavy (non-hydrogen) atoms. The van der Waals surface area contributed by atoms with Crippen LogP contribution in [0, 0.1) is 5.41 Å². The Kier molecular flexibility index (Phi) is 6.44. The molecule has 164 valence electrons. The quantitative estimate of drug-likeness (QED) is 0.624. The number of likely N-dealkylation sites (tertiary alicyclic amines) is 1. The van der Waals surface area contributed by atoms with Crippen LogP contribution in [0.15, 0.2) is 48.5 Å². The summed E-state index contributed by atoms with van der Waals surface area (Å²) in [5, 5.41) is 0. The molecule has 2 aromatic rings. The minimum absolute atomic E-state index is 0.0416. The Bertz CT molecular complexity index is 919. The largest absolute Gasteiger partial charge is 0.466 e. The molecule has 2 heterocycles. The Morgan fingerprint density at radius 3 is 2.52 bits per heavy atom. The monoisotopic (exact) mass is 423 g/mol. The van der Waals surface area contributed by atoms with E-state index in [9.17, 15) is 9.59 Å². The lowest BCUT2D eigenvalue weighted by molar-refractivity contribution is -0.159. The molecule has 2 aromatic carbocycles. The fourth-order valence-electron chi connectivity index (χ4n) is 4.47. The van der Waals surface area contributed by atoms with E-state index in [0.717, 1.165) is 19.3 Å². The van der Waals surface area contributed by atoms with Crippen molar-refractivity contribution in [3.05, 3.63) is 59.7 Å². The van der Waals surface area contributed by atoms with Gasteiger partial charge in [-0.05, 0) is 62.8 Å². The zero-order chi connectivity index (χ0) is 21.7. The molecule has 1 saturated heterocycles. The summed E-state index contributed by atoms with van der Waals surface area (Å²) in [4.78, 5) is 27.7. The second-order valence-electron chi connectivity index (χ2n) is 8.20. The zero-order valence-corrected chi connectivity index (χ0v) is 18.0. The van der Waals surface area contributed by atoms with Crippen molar-refractivity contribution in [3.63, 3.8) is 0 Å². The van der Waals surface area contributed by atoms with Crippen molar-refractivity contribution in [2.45, 2.75) is 39.0 Å². The van der Waals surface area contributed by atoms with Gasteiger partial charge in [0.05, 0.1) is 12.0 Å². The second kappa shape index (κ2) is 9.41. The van der Waals surface area contributed by atoms with Crippen LogP contribution in [0.3, 0.4) is 0 Å². The van der Waals surface area contributed by atoms with Gasteiger partial charge < -0.3 is 19.1 Å². The number of fused-ring (bicyclic) bond motifs is 1. The van der Waals surface area contributed by atoms with Crippen LogP contribution in [0.4, 0.5) is 0 Å². The number of hydrogen-bond donors (Lipinski definition) is 0. The van der Waals surface area contributed by atoms with Crippen LogP contribution in [0.2, 0.25) is 0 Å². The highest BCUT2D eigenvalue weighted by atomic mass is 16.7. The lowest BCUT2D eigenvalue weighted by atomic mass is 9.74. The van der Waals surface area contributed by atoms with E-state index in [-0.39, 0.29) is 18.7 Å². The SMILES string of the molecule is CCOC(=O)C1(CCCc2ccccc2)CCN(C(=O)c2ccc3c(c2)OCO3)CC1. The molecule has 1 amide bonds. The van der Waals surface area contributed by atoms with Crippen molar-refractivity contribution >= 4 is 11.9 Å². The number of ether oxygens (including phenoxy) is 3. The average molecular weight is 424 g/mol. The number of aryl methyl sites for hydroxylation is 1. The molecular formula is C25H29NO5. The smallest absolute Gasteiger partial charge is 0.312 e. The molecule has 6 heteroatoms. The van der Waals surface area contributed by atoms with Gasteiger partial charge in [-0.2, -0.15) is 0 Å². The van der Waals surface area contributed by atoms with Crippen LogP contribution in [0.5, 0.6) is 11.5 Å². The van der Waals surface area contributed by atoms with Gasteiger partial charge in [-0.15, -0.1) is 0 Å². The molecule has 0 N–H and O–H groups in total. The van der Waals surface area contributed by atoms with E-state index in [4.69, 9.17) is 14.2 Å². The first-order valence-corrected chi connectivity index (χ1v) is 11.0. The molecule has 0 saturated carbocycles. The number of benzene rings is 2. The topological polar surface area (TPSA) is 65.1 Å². The summed E-state index contributed by atoms with van der Waals surface area (Å²) in [6.07, 6.45) is 3.86. The van der Waals surface area contributed by atoms with Crippen molar-refractivity contribution in [1.29, 1.82) is 0 Å². The fourth-order valence-corrected chi connectivity index (χ4v) is 4.47. The number of carbonyl (C=O) groups is 2. The van der Waals surface area contributed by atoms with E-state index in [1.165, 1.54) is 5.56 Å². The first-order valence-electron chi connectivity index (χ1n) is 11.0. The number of amides is 1. The maximum Gasteiger partial charge on any atom is 0.312 e. The summed E-state index contributed by atoms with van der Waals surface area (Å²) in [5.41, 5.74) is 1.34. The third kappa shape index (κ3) is 4.68. The lowest BCUT2D eigenvalue weighted by Gasteiger charge is -2.40. The van der Waals surface area contributed by atoms with Gasteiger partial charge in [-0.3, -0.25) is 9.59 Å². The lowest BCUT2D eigenvalue weighted by Crippen LogP contribution is -2.47. The van der Waals surface area contributed by atoms with Gasteiger partial charge in [0, 0.05) is 18.7 Å². The third-order valence-corrected chi connectivity index (χ3v) is 6.30. The van der Waals surface area contributed by atoms with E-state index >= 15 is 0 Å². The van der Waals surface area contributed by atoms with Crippen molar-refractivity contribution in [2.24, 2.45) is 5.41 Å². The number of piperidine rings is 1. The predicted octanol–water partition coefficient (Wildman–Crippen LogP) is 4.22. The van der Waals surface area contributed by atoms with E-state index < -0.39 is 5.41 Å². The molecule has 0 radical (unpaired) electrons. The number of hydrogen-bond acceptors (Lipinski definition) is 5. The van der Waals surface area contributed by atoms with Gasteiger partial charge in [0.25, 0.3) is 5.91 Å². The van der Waals surface area contributed by atoms with Crippen LogP contribution in [-0.2, 0) is 16.0 Å². The van der Waals surface area contributed by atoms with Gasteiger partial charge in [-0.1, -0.05) is 30.3 Å². The molecule has 0 unspecified atom stereocenters. The molecular weight excluding hydrogens is 394 g/mol. The Balaban J connectivity index is 1.40. The molecule has 2 aliphatic heterocycles. The van der Waals surface area contributed by atoms with Gasteiger partial charge >= 0.3 is 5.97 Å². The summed E-state index contributed by atoms with van der Waals surface area (Å²) in [6.45, 7) is 3.48. The highest BCUT2D eigenvalue weighted by molar-refractivity contribution is 5.95. The van der Waals surface area contributed by atoms with Crippen LogP contribution in [0.1, 0.15) is 48.5 Å². The molecule has 0 atom stereocenters. The van der Waals surface area contributed by atoms with Crippen molar-refractivity contribution in [3.8, 4) is 11.5 Å². The van der Waals surface area contributed by atoms with E-state index in [2.05, 4.69) is 12.1 Å². The van der Waals surface area contributed by atoms with Crippen LogP contribution in [0.25, 0.3) is 0 Å². The second-order valence-corrected chi connectivity index (χ2v) is 8.20. The summed E-state index contributed by atoms with van der Waals surface area (Å²) < 4.78 is 16.2. The summed E-state index contributed by atoms with van der Waals surface area (Å²) >= 11 is 0. The number of nitrogens with zero attached hydrogens (tertiary/aromatic N) is 1. The first-order chi connectivity index (χ1) is 15.1. The van der Waals surface area contributed by atoms with E-state index in [0.29, 0.717) is 49.6 Å². The van der Waals surface area contributed by atoms with Crippen molar-refractivity contribution in [2.75, 3.05) is 26.5 Å². The van der Waals surface area contributed by atoms with Crippen LogP contribution in [-0.4, -0.2) is 43.3 Å². The normalized spacial score (nSPS) is 16.7. The molecule has 6 nitrogen and oxygen atoms in total.